The van der Waals surface area contributed by atoms with Crippen LogP contribution in [0.2, 0.25) is 0 Å². The number of furan rings is 1. The lowest BCUT2D eigenvalue weighted by Gasteiger charge is -2.12. The lowest BCUT2D eigenvalue weighted by molar-refractivity contribution is -0.118. The molecule has 0 atom stereocenters. The Morgan fingerprint density at radius 2 is 1.63 bits per heavy atom. The molecule has 2 N–H and O–H groups in total. The molecule has 184 valence electrons. The van der Waals surface area contributed by atoms with Crippen molar-refractivity contribution in [3.63, 3.8) is 0 Å². The van der Waals surface area contributed by atoms with Crippen LogP contribution in [0, 0.1) is 5.92 Å². The van der Waals surface area contributed by atoms with E-state index in [1.165, 1.54) is 6.26 Å². The predicted molar refractivity (Wildman–Crippen MR) is 135 cm³/mol. The lowest BCUT2D eigenvalue weighted by Crippen LogP contribution is -2.34. The lowest BCUT2D eigenvalue weighted by atomic mass is 10.1. The van der Waals surface area contributed by atoms with Gasteiger partial charge >= 0.3 is 0 Å². The molecule has 0 unspecified atom stereocenters. The maximum atomic E-state index is 12.9. The zero-order valence-electron chi connectivity index (χ0n) is 20.5. The fourth-order valence-electron chi connectivity index (χ4n) is 3.08. The van der Waals surface area contributed by atoms with Gasteiger partial charge < -0.3 is 24.5 Å². The van der Waals surface area contributed by atoms with Gasteiger partial charge in [-0.1, -0.05) is 26.0 Å². The Morgan fingerprint density at radius 1 is 0.943 bits per heavy atom. The minimum absolute atomic E-state index is 0.0563. The van der Waals surface area contributed by atoms with Gasteiger partial charge in [-0.2, -0.15) is 0 Å². The largest absolute Gasteiger partial charge is 0.493 e. The maximum Gasteiger partial charge on any atom is 0.268 e. The van der Waals surface area contributed by atoms with Crippen LogP contribution in [0.4, 0.5) is 0 Å². The topological polar surface area (TPSA) is 89.8 Å². The van der Waals surface area contributed by atoms with E-state index in [0.29, 0.717) is 29.6 Å². The van der Waals surface area contributed by atoms with Gasteiger partial charge in [-0.05, 0) is 79.9 Å². The summed E-state index contributed by atoms with van der Waals surface area (Å²) in [4.78, 5) is 25.9. The van der Waals surface area contributed by atoms with E-state index in [2.05, 4.69) is 24.5 Å². The van der Waals surface area contributed by atoms with Crippen molar-refractivity contribution in [1.29, 1.82) is 0 Å². The molecule has 0 radical (unpaired) electrons. The molecule has 2 amide bonds. The molecule has 0 aliphatic rings. The van der Waals surface area contributed by atoms with Crippen LogP contribution in [0.5, 0.6) is 11.5 Å². The van der Waals surface area contributed by atoms with Crippen molar-refractivity contribution >= 4 is 17.9 Å². The van der Waals surface area contributed by atoms with Gasteiger partial charge in [0.1, 0.15) is 23.0 Å². The number of benzene rings is 2. The average Bonchev–Trinajstić information content (AvgIpc) is 3.35. The van der Waals surface area contributed by atoms with Gasteiger partial charge in [0, 0.05) is 5.56 Å². The highest BCUT2D eigenvalue weighted by molar-refractivity contribution is 6.05. The zero-order chi connectivity index (χ0) is 25.2. The minimum Gasteiger partial charge on any atom is -0.493 e. The SMILES string of the molecule is CC(C)COc1ccc(C(=O)N/C(=C/c2ccc(OC(C)C)cc2)C(=O)NCc2ccco2)cc1. The number of amides is 2. The first-order chi connectivity index (χ1) is 16.8. The third kappa shape index (κ3) is 8.37. The molecular formula is C28H32N2O5. The van der Waals surface area contributed by atoms with E-state index in [-0.39, 0.29) is 18.3 Å². The quantitative estimate of drug-likeness (QED) is 0.372. The van der Waals surface area contributed by atoms with Crippen LogP contribution in [0.15, 0.2) is 77.0 Å². The maximum absolute atomic E-state index is 12.9. The minimum atomic E-state index is -0.436. The molecule has 2 aromatic carbocycles. The van der Waals surface area contributed by atoms with Crippen LogP contribution in [-0.4, -0.2) is 24.5 Å². The fourth-order valence-corrected chi connectivity index (χ4v) is 3.08. The summed E-state index contributed by atoms with van der Waals surface area (Å²) in [6.07, 6.45) is 3.21. The summed E-state index contributed by atoms with van der Waals surface area (Å²) in [6, 6.07) is 17.6. The van der Waals surface area contributed by atoms with E-state index in [0.717, 1.165) is 11.3 Å². The molecule has 0 aliphatic heterocycles. The monoisotopic (exact) mass is 476 g/mol. The summed E-state index contributed by atoms with van der Waals surface area (Å²) in [7, 11) is 0. The van der Waals surface area contributed by atoms with E-state index >= 15 is 0 Å². The summed E-state index contributed by atoms with van der Waals surface area (Å²) < 4.78 is 16.6. The van der Waals surface area contributed by atoms with E-state index in [1.54, 1.807) is 42.5 Å². The van der Waals surface area contributed by atoms with Gasteiger partial charge in [0.25, 0.3) is 11.8 Å². The molecule has 0 bridgehead atoms. The number of carbonyl (C=O) groups is 2. The molecular weight excluding hydrogens is 444 g/mol. The molecule has 3 rings (SSSR count). The van der Waals surface area contributed by atoms with E-state index in [4.69, 9.17) is 13.9 Å². The van der Waals surface area contributed by atoms with Crippen molar-refractivity contribution in [2.75, 3.05) is 6.61 Å². The van der Waals surface area contributed by atoms with E-state index < -0.39 is 11.8 Å². The summed E-state index contributed by atoms with van der Waals surface area (Å²) >= 11 is 0. The van der Waals surface area contributed by atoms with Crippen LogP contribution in [-0.2, 0) is 11.3 Å². The summed E-state index contributed by atoms with van der Waals surface area (Å²) in [6.45, 7) is 8.83. The number of hydrogen-bond acceptors (Lipinski definition) is 5. The van der Waals surface area contributed by atoms with Gasteiger partial charge in [-0.25, -0.2) is 0 Å². The third-order valence-electron chi connectivity index (χ3n) is 4.76. The molecule has 7 heteroatoms. The summed E-state index contributed by atoms with van der Waals surface area (Å²) in [5.74, 6) is 1.58. The molecule has 7 nitrogen and oxygen atoms in total. The van der Waals surface area contributed by atoms with Crippen LogP contribution in [0.25, 0.3) is 6.08 Å². The Morgan fingerprint density at radius 3 is 2.23 bits per heavy atom. The molecule has 0 spiro atoms. The second-order valence-electron chi connectivity index (χ2n) is 8.74. The first kappa shape index (κ1) is 25.6. The number of hydrogen-bond donors (Lipinski definition) is 2. The number of carbonyl (C=O) groups excluding carboxylic acids is 2. The van der Waals surface area contributed by atoms with Gasteiger partial charge in [0.15, 0.2) is 0 Å². The highest BCUT2D eigenvalue weighted by Crippen LogP contribution is 2.17. The fraction of sp³-hybridized carbons (Fsp3) is 0.286. The van der Waals surface area contributed by atoms with Crippen LogP contribution in [0.3, 0.4) is 0 Å². The van der Waals surface area contributed by atoms with E-state index in [9.17, 15) is 9.59 Å². The average molecular weight is 477 g/mol. The molecule has 35 heavy (non-hydrogen) atoms. The van der Waals surface area contributed by atoms with Crippen molar-refractivity contribution in [2.45, 2.75) is 40.3 Å². The third-order valence-corrected chi connectivity index (χ3v) is 4.76. The summed E-state index contributed by atoms with van der Waals surface area (Å²) in [5, 5.41) is 5.51. The summed E-state index contributed by atoms with van der Waals surface area (Å²) in [5.41, 5.74) is 1.26. The molecule has 0 saturated heterocycles. The first-order valence-corrected chi connectivity index (χ1v) is 11.6. The van der Waals surface area contributed by atoms with Crippen molar-refractivity contribution in [3.8, 4) is 11.5 Å². The molecule has 1 aromatic heterocycles. The highest BCUT2D eigenvalue weighted by Gasteiger charge is 2.15. The van der Waals surface area contributed by atoms with Gasteiger partial charge in [0.2, 0.25) is 0 Å². The second kappa shape index (κ2) is 12.5. The Balaban J connectivity index is 1.75. The Bertz CT molecular complexity index is 1120. The number of rotatable bonds is 11. The molecule has 0 fully saturated rings. The number of ether oxygens (including phenoxy) is 2. The Labute approximate surface area is 206 Å². The predicted octanol–water partition coefficient (Wildman–Crippen LogP) is 5.19. The molecule has 0 saturated carbocycles. The Hall–Kier alpha value is -4.00. The van der Waals surface area contributed by atoms with Crippen molar-refractivity contribution in [2.24, 2.45) is 5.92 Å². The smallest absolute Gasteiger partial charge is 0.268 e. The van der Waals surface area contributed by atoms with Crippen molar-refractivity contribution < 1.29 is 23.5 Å². The van der Waals surface area contributed by atoms with Gasteiger partial charge in [-0.15, -0.1) is 0 Å². The zero-order valence-corrected chi connectivity index (χ0v) is 20.5. The Kier molecular flexibility index (Phi) is 9.12. The molecule has 0 aliphatic carbocycles. The van der Waals surface area contributed by atoms with Crippen LogP contribution in [0.1, 0.15) is 49.4 Å². The van der Waals surface area contributed by atoms with Crippen LogP contribution >= 0.6 is 0 Å². The van der Waals surface area contributed by atoms with Gasteiger partial charge in [-0.3, -0.25) is 9.59 Å². The molecule has 3 aromatic rings. The standard InChI is InChI=1S/C28H32N2O5/c1-19(2)18-34-23-13-9-22(10-14-23)27(31)30-26(28(32)29-17-25-6-5-15-33-25)16-21-7-11-24(12-8-21)35-20(3)4/h5-16,19-20H,17-18H2,1-4H3,(H,29,32)(H,30,31)/b26-16+. The van der Waals surface area contributed by atoms with Crippen molar-refractivity contribution in [1.82, 2.24) is 10.6 Å². The van der Waals surface area contributed by atoms with E-state index in [1.807, 2.05) is 38.1 Å². The normalized spacial score (nSPS) is 11.4. The van der Waals surface area contributed by atoms with Crippen molar-refractivity contribution in [3.05, 3.63) is 89.5 Å². The molecule has 1 heterocycles. The first-order valence-electron chi connectivity index (χ1n) is 11.6. The number of nitrogens with one attached hydrogen (secondary N) is 2. The van der Waals surface area contributed by atoms with Gasteiger partial charge in [0.05, 0.1) is 25.5 Å². The van der Waals surface area contributed by atoms with Crippen LogP contribution < -0.4 is 20.1 Å². The second-order valence-corrected chi connectivity index (χ2v) is 8.74. The highest BCUT2D eigenvalue weighted by atomic mass is 16.5.